The van der Waals surface area contributed by atoms with E-state index < -0.39 is 0 Å². The zero-order valence-electron chi connectivity index (χ0n) is 18.3. The number of amides is 2. The molecule has 166 valence electrons. The van der Waals surface area contributed by atoms with Gasteiger partial charge in [-0.3, -0.25) is 9.59 Å². The van der Waals surface area contributed by atoms with Crippen molar-refractivity contribution in [1.82, 2.24) is 10.2 Å². The maximum absolute atomic E-state index is 13.0. The zero-order valence-corrected chi connectivity index (χ0v) is 19.1. The lowest BCUT2D eigenvalue weighted by atomic mass is 9.92. The lowest BCUT2D eigenvalue weighted by Gasteiger charge is -2.35. The Hall–Kier alpha value is -2.37. The minimum absolute atomic E-state index is 0. The smallest absolute Gasteiger partial charge is 0.240 e. The summed E-state index contributed by atoms with van der Waals surface area (Å²) in [5, 5.41) is 6.42. The highest BCUT2D eigenvalue weighted by molar-refractivity contribution is 5.93. The Morgan fingerprint density at radius 2 is 1.65 bits per heavy atom. The largest absolute Gasteiger partial charge is 0.341 e. The number of hydrogen-bond acceptors (Lipinski definition) is 3. The van der Waals surface area contributed by atoms with Gasteiger partial charge in [-0.05, 0) is 54.0 Å². The second kappa shape index (κ2) is 10.3. The molecule has 5 nitrogen and oxygen atoms in total. The number of carbonyl (C=O) groups excluding carboxylic acids is 2. The monoisotopic (exact) mass is 441 g/mol. The number of rotatable bonds is 4. The second-order valence-corrected chi connectivity index (χ2v) is 8.77. The highest BCUT2D eigenvalue weighted by Gasteiger charge is 2.32. The molecule has 2 heterocycles. The molecule has 0 bridgehead atoms. The molecular weight excluding hydrogens is 410 g/mol. The van der Waals surface area contributed by atoms with E-state index in [2.05, 4.69) is 48.7 Å². The Kier molecular flexibility index (Phi) is 7.74. The van der Waals surface area contributed by atoms with Crippen LogP contribution in [-0.2, 0) is 22.6 Å². The average Bonchev–Trinajstić information content (AvgIpc) is 2.78. The van der Waals surface area contributed by atoms with E-state index in [0.29, 0.717) is 31.8 Å². The van der Waals surface area contributed by atoms with E-state index in [1.54, 1.807) is 0 Å². The molecule has 2 aromatic carbocycles. The van der Waals surface area contributed by atoms with E-state index in [1.165, 1.54) is 16.7 Å². The quantitative estimate of drug-likeness (QED) is 0.750. The molecule has 6 heteroatoms. The highest BCUT2D eigenvalue weighted by Crippen LogP contribution is 2.23. The van der Waals surface area contributed by atoms with E-state index >= 15 is 0 Å². The summed E-state index contributed by atoms with van der Waals surface area (Å²) < 4.78 is 0. The summed E-state index contributed by atoms with van der Waals surface area (Å²) in [6.07, 6.45) is 2.16. The summed E-state index contributed by atoms with van der Waals surface area (Å²) in [5.74, 6) is 0.652. The number of likely N-dealkylation sites (tertiary alicyclic amines) is 1. The summed E-state index contributed by atoms with van der Waals surface area (Å²) in [7, 11) is 0. The van der Waals surface area contributed by atoms with Gasteiger partial charge in [0.15, 0.2) is 0 Å². The third-order valence-corrected chi connectivity index (χ3v) is 6.40. The van der Waals surface area contributed by atoms with Crippen molar-refractivity contribution in [3.63, 3.8) is 0 Å². The molecule has 1 saturated heterocycles. The van der Waals surface area contributed by atoms with Gasteiger partial charge in [0.25, 0.3) is 0 Å². The maximum Gasteiger partial charge on any atom is 0.240 e. The number of carbonyl (C=O) groups is 2. The molecule has 2 N–H and O–H groups in total. The first-order valence-corrected chi connectivity index (χ1v) is 11.0. The van der Waals surface area contributed by atoms with Gasteiger partial charge in [0.2, 0.25) is 11.8 Å². The van der Waals surface area contributed by atoms with Crippen LogP contribution in [0.15, 0.2) is 48.5 Å². The van der Waals surface area contributed by atoms with Crippen LogP contribution in [0.3, 0.4) is 0 Å². The predicted molar refractivity (Wildman–Crippen MR) is 126 cm³/mol. The lowest BCUT2D eigenvalue weighted by molar-refractivity contribution is -0.136. The molecule has 1 atom stereocenters. The van der Waals surface area contributed by atoms with Crippen LogP contribution in [0, 0.1) is 5.92 Å². The first-order valence-electron chi connectivity index (χ1n) is 11.0. The maximum atomic E-state index is 13.0. The highest BCUT2D eigenvalue weighted by atomic mass is 35.5. The predicted octanol–water partition coefficient (Wildman–Crippen LogP) is 4.12. The Balaban J connectivity index is 0.00000272. The van der Waals surface area contributed by atoms with E-state index in [0.717, 1.165) is 18.7 Å². The molecule has 2 amide bonds. The Morgan fingerprint density at radius 1 is 1.00 bits per heavy atom. The van der Waals surface area contributed by atoms with Gasteiger partial charge >= 0.3 is 0 Å². The molecule has 2 aliphatic rings. The Bertz CT molecular complexity index is 905. The minimum atomic E-state index is -0.162. The molecular formula is C25H32ClN3O2. The van der Waals surface area contributed by atoms with Crippen molar-refractivity contribution in [2.75, 3.05) is 18.4 Å². The van der Waals surface area contributed by atoms with Gasteiger partial charge in [0, 0.05) is 31.2 Å². The number of piperidine rings is 1. The summed E-state index contributed by atoms with van der Waals surface area (Å²) in [4.78, 5) is 27.6. The fourth-order valence-electron chi connectivity index (χ4n) is 4.41. The summed E-state index contributed by atoms with van der Waals surface area (Å²) in [6.45, 7) is 6.33. The minimum Gasteiger partial charge on any atom is -0.341 e. The number of benzene rings is 2. The molecule has 0 aliphatic carbocycles. The van der Waals surface area contributed by atoms with Crippen LogP contribution in [0.25, 0.3) is 0 Å². The van der Waals surface area contributed by atoms with Crippen molar-refractivity contribution >= 4 is 29.9 Å². The van der Waals surface area contributed by atoms with E-state index in [4.69, 9.17) is 0 Å². The third kappa shape index (κ3) is 5.46. The van der Waals surface area contributed by atoms with E-state index in [9.17, 15) is 9.59 Å². The number of anilines is 1. The zero-order chi connectivity index (χ0) is 21.1. The fourth-order valence-corrected chi connectivity index (χ4v) is 4.41. The molecule has 0 saturated carbocycles. The third-order valence-electron chi connectivity index (χ3n) is 6.40. The molecule has 1 unspecified atom stereocenters. The first-order chi connectivity index (χ1) is 14.5. The molecule has 0 radical (unpaired) electrons. The van der Waals surface area contributed by atoms with Crippen molar-refractivity contribution < 1.29 is 9.59 Å². The van der Waals surface area contributed by atoms with Gasteiger partial charge in [-0.2, -0.15) is 0 Å². The van der Waals surface area contributed by atoms with E-state index in [1.807, 2.05) is 29.2 Å². The molecule has 31 heavy (non-hydrogen) atoms. The Morgan fingerprint density at radius 3 is 2.29 bits per heavy atom. The van der Waals surface area contributed by atoms with Gasteiger partial charge in [-0.1, -0.05) is 50.2 Å². The van der Waals surface area contributed by atoms with Crippen molar-refractivity contribution in [3.05, 3.63) is 65.2 Å². The van der Waals surface area contributed by atoms with Gasteiger partial charge in [0.05, 0.1) is 6.04 Å². The van der Waals surface area contributed by atoms with Gasteiger partial charge < -0.3 is 15.5 Å². The Labute approximate surface area is 191 Å². The molecule has 2 aromatic rings. The van der Waals surface area contributed by atoms with Crippen LogP contribution >= 0.6 is 12.4 Å². The van der Waals surface area contributed by atoms with Crippen LogP contribution in [0.2, 0.25) is 0 Å². The SMILES string of the molecule is CC(C)c1ccc(NC(=O)C2CCN(C(=O)C3Cc4ccccc4CN3)CC2)cc1.Cl. The van der Waals surface area contributed by atoms with Gasteiger partial charge in [0.1, 0.15) is 0 Å². The number of nitrogens with one attached hydrogen (secondary N) is 2. The lowest BCUT2D eigenvalue weighted by Crippen LogP contribution is -2.52. The van der Waals surface area contributed by atoms with Gasteiger partial charge in [-0.25, -0.2) is 0 Å². The van der Waals surface area contributed by atoms with Crippen LogP contribution in [-0.4, -0.2) is 35.8 Å². The number of nitrogens with zero attached hydrogens (tertiary/aromatic N) is 1. The summed E-state index contributed by atoms with van der Waals surface area (Å²) in [5.41, 5.74) is 4.64. The van der Waals surface area contributed by atoms with E-state index in [-0.39, 0.29) is 36.2 Å². The van der Waals surface area contributed by atoms with Crippen LogP contribution in [0.5, 0.6) is 0 Å². The number of fused-ring (bicyclic) bond motifs is 1. The van der Waals surface area contributed by atoms with Crippen molar-refractivity contribution in [2.24, 2.45) is 5.92 Å². The topological polar surface area (TPSA) is 61.4 Å². The summed E-state index contributed by atoms with van der Waals surface area (Å²) >= 11 is 0. The molecule has 0 aromatic heterocycles. The van der Waals surface area contributed by atoms with Crippen LogP contribution in [0.1, 0.15) is 49.3 Å². The molecule has 1 fully saturated rings. The van der Waals surface area contributed by atoms with Gasteiger partial charge in [-0.15, -0.1) is 12.4 Å². The average molecular weight is 442 g/mol. The van der Waals surface area contributed by atoms with Crippen molar-refractivity contribution in [3.8, 4) is 0 Å². The molecule has 4 rings (SSSR count). The van der Waals surface area contributed by atoms with Crippen LogP contribution < -0.4 is 10.6 Å². The fraction of sp³-hybridized carbons (Fsp3) is 0.440. The standard InChI is InChI=1S/C25H31N3O2.ClH/c1-17(2)18-7-9-22(10-8-18)27-24(29)19-11-13-28(14-12-19)25(30)23-15-20-5-3-4-6-21(20)16-26-23;/h3-10,17,19,23,26H,11-16H2,1-2H3,(H,27,29);1H. The number of halogens is 1. The summed E-state index contributed by atoms with van der Waals surface area (Å²) in [6, 6.07) is 16.2. The first kappa shape index (κ1) is 23.3. The molecule has 2 aliphatic heterocycles. The number of hydrogen-bond donors (Lipinski definition) is 2. The van der Waals surface area contributed by atoms with Crippen LogP contribution in [0.4, 0.5) is 5.69 Å². The van der Waals surface area contributed by atoms with Crippen molar-refractivity contribution in [1.29, 1.82) is 0 Å². The van der Waals surface area contributed by atoms with Crippen molar-refractivity contribution in [2.45, 2.75) is 51.6 Å². The normalized spacial score (nSPS) is 18.8. The second-order valence-electron chi connectivity index (χ2n) is 8.77. The molecule has 0 spiro atoms.